The average Bonchev–Trinajstić information content (AvgIpc) is 3.26. The number of methoxy groups -OCH3 is 1. The summed E-state index contributed by atoms with van der Waals surface area (Å²) in [5.41, 5.74) is 3.52. The highest BCUT2D eigenvalue weighted by Crippen LogP contribution is 2.31. The number of anilines is 1. The van der Waals surface area contributed by atoms with Crippen LogP contribution < -0.4 is 9.64 Å². The van der Waals surface area contributed by atoms with Crippen molar-refractivity contribution in [1.82, 2.24) is 25.1 Å². The molecule has 0 spiro atoms. The number of rotatable bonds is 5. The van der Waals surface area contributed by atoms with E-state index in [1.165, 1.54) is 16.8 Å². The highest BCUT2D eigenvalue weighted by molar-refractivity contribution is 5.49. The van der Waals surface area contributed by atoms with Crippen LogP contribution in [0.4, 0.5) is 5.69 Å². The van der Waals surface area contributed by atoms with Crippen LogP contribution in [0.1, 0.15) is 43.8 Å². The lowest BCUT2D eigenvalue weighted by molar-refractivity contribution is 0.191. The molecule has 0 radical (unpaired) electrons. The fourth-order valence-electron chi connectivity index (χ4n) is 4.15. The molecule has 2 aromatic carbocycles. The SMILES string of the molecule is COc1ccc(N2CCN(C(c3ccc(C)cc3)c3nnnn3C(C)(C)C)CC2)cc1. The molecule has 0 aliphatic carbocycles. The van der Waals surface area contributed by atoms with Gasteiger partial charge in [0.15, 0.2) is 5.82 Å². The van der Waals surface area contributed by atoms with E-state index in [1.54, 1.807) is 7.11 Å². The Morgan fingerprint density at radius 1 is 0.903 bits per heavy atom. The van der Waals surface area contributed by atoms with Gasteiger partial charge in [0, 0.05) is 31.9 Å². The molecule has 7 nitrogen and oxygen atoms in total. The fourth-order valence-corrected chi connectivity index (χ4v) is 4.15. The lowest BCUT2D eigenvalue weighted by Gasteiger charge is -2.40. The number of benzene rings is 2. The quantitative estimate of drug-likeness (QED) is 0.628. The lowest BCUT2D eigenvalue weighted by Crippen LogP contribution is -2.48. The third-order valence-electron chi connectivity index (χ3n) is 5.88. The molecule has 31 heavy (non-hydrogen) atoms. The minimum absolute atomic E-state index is 0.0212. The minimum atomic E-state index is -0.188. The summed E-state index contributed by atoms with van der Waals surface area (Å²) in [6.45, 7) is 12.3. The summed E-state index contributed by atoms with van der Waals surface area (Å²) in [5.74, 6) is 1.78. The zero-order valence-electron chi connectivity index (χ0n) is 19.1. The van der Waals surface area contributed by atoms with Gasteiger partial charge in [0.2, 0.25) is 0 Å². The van der Waals surface area contributed by atoms with E-state index in [9.17, 15) is 0 Å². The zero-order chi connectivity index (χ0) is 22.0. The Kier molecular flexibility index (Phi) is 5.96. The summed E-state index contributed by atoms with van der Waals surface area (Å²) in [6.07, 6.45) is 0. The van der Waals surface area contributed by atoms with E-state index in [1.807, 2.05) is 16.8 Å². The zero-order valence-corrected chi connectivity index (χ0v) is 19.1. The van der Waals surface area contributed by atoms with Crippen LogP contribution in [0.15, 0.2) is 48.5 Å². The van der Waals surface area contributed by atoms with Crippen molar-refractivity contribution >= 4 is 5.69 Å². The Hall–Kier alpha value is -2.93. The highest BCUT2D eigenvalue weighted by atomic mass is 16.5. The number of ether oxygens (including phenoxy) is 1. The monoisotopic (exact) mass is 420 g/mol. The molecule has 1 atom stereocenters. The van der Waals surface area contributed by atoms with Crippen molar-refractivity contribution in [3.05, 3.63) is 65.5 Å². The van der Waals surface area contributed by atoms with Crippen LogP contribution >= 0.6 is 0 Å². The van der Waals surface area contributed by atoms with Crippen molar-refractivity contribution < 1.29 is 4.74 Å². The maximum Gasteiger partial charge on any atom is 0.173 e. The molecular formula is C24H32N6O. The van der Waals surface area contributed by atoms with Crippen molar-refractivity contribution in [2.24, 2.45) is 0 Å². The van der Waals surface area contributed by atoms with Crippen LogP contribution in [-0.2, 0) is 5.54 Å². The third-order valence-corrected chi connectivity index (χ3v) is 5.88. The molecule has 4 rings (SSSR count). The first kappa shape index (κ1) is 21.3. The second-order valence-electron chi connectivity index (χ2n) is 9.15. The fraction of sp³-hybridized carbons (Fsp3) is 0.458. The van der Waals surface area contributed by atoms with E-state index in [4.69, 9.17) is 4.74 Å². The van der Waals surface area contributed by atoms with Crippen molar-refractivity contribution in [3.63, 3.8) is 0 Å². The van der Waals surface area contributed by atoms with Gasteiger partial charge in [0.1, 0.15) is 5.75 Å². The van der Waals surface area contributed by atoms with Gasteiger partial charge >= 0.3 is 0 Å². The number of nitrogens with zero attached hydrogens (tertiary/aromatic N) is 6. The summed E-state index contributed by atoms with van der Waals surface area (Å²) >= 11 is 0. The molecular weight excluding hydrogens is 388 g/mol. The summed E-state index contributed by atoms with van der Waals surface area (Å²) < 4.78 is 7.26. The van der Waals surface area contributed by atoms with E-state index in [0.29, 0.717) is 0 Å². The number of aromatic nitrogens is 4. The topological polar surface area (TPSA) is 59.3 Å². The number of piperazine rings is 1. The molecule has 3 aromatic rings. The van der Waals surface area contributed by atoms with E-state index < -0.39 is 0 Å². The molecule has 1 aliphatic heterocycles. The first-order valence-corrected chi connectivity index (χ1v) is 10.8. The first-order chi connectivity index (χ1) is 14.9. The van der Waals surface area contributed by atoms with Crippen LogP contribution in [0.25, 0.3) is 0 Å². The molecule has 0 N–H and O–H groups in total. The minimum Gasteiger partial charge on any atom is -0.497 e. The average molecular weight is 421 g/mol. The molecule has 1 saturated heterocycles. The molecule has 1 unspecified atom stereocenters. The number of tetrazole rings is 1. The largest absolute Gasteiger partial charge is 0.497 e. The van der Waals surface area contributed by atoms with E-state index in [0.717, 1.165) is 37.8 Å². The predicted octanol–water partition coefficient (Wildman–Crippen LogP) is 3.66. The normalized spacial score (nSPS) is 16.4. The first-order valence-electron chi connectivity index (χ1n) is 10.8. The van der Waals surface area contributed by atoms with Gasteiger partial charge in [-0.25, -0.2) is 4.68 Å². The molecule has 1 aliphatic rings. The summed E-state index contributed by atoms with van der Waals surface area (Å²) in [5, 5.41) is 12.9. The van der Waals surface area contributed by atoms with Crippen LogP contribution in [0.5, 0.6) is 5.75 Å². The third kappa shape index (κ3) is 4.56. The maximum absolute atomic E-state index is 5.29. The van der Waals surface area contributed by atoms with Crippen LogP contribution in [-0.4, -0.2) is 58.4 Å². The van der Waals surface area contributed by atoms with Gasteiger partial charge in [-0.1, -0.05) is 29.8 Å². The Morgan fingerprint density at radius 3 is 2.13 bits per heavy atom. The predicted molar refractivity (Wildman–Crippen MR) is 123 cm³/mol. The van der Waals surface area contributed by atoms with Crippen molar-refractivity contribution in [1.29, 1.82) is 0 Å². The summed E-state index contributed by atoms with van der Waals surface area (Å²) in [7, 11) is 1.70. The molecule has 1 fully saturated rings. The molecule has 2 heterocycles. The van der Waals surface area contributed by atoms with Gasteiger partial charge in [-0.3, -0.25) is 4.90 Å². The van der Waals surface area contributed by atoms with Crippen LogP contribution in [0.3, 0.4) is 0 Å². The Balaban J connectivity index is 1.60. The van der Waals surface area contributed by atoms with E-state index in [-0.39, 0.29) is 11.6 Å². The Labute approximate surface area is 184 Å². The van der Waals surface area contributed by atoms with Crippen LogP contribution in [0.2, 0.25) is 0 Å². The number of hydrogen-bond acceptors (Lipinski definition) is 6. The lowest BCUT2D eigenvalue weighted by atomic mass is 10.0. The van der Waals surface area contributed by atoms with Crippen molar-refractivity contribution in [2.45, 2.75) is 39.3 Å². The van der Waals surface area contributed by atoms with Crippen molar-refractivity contribution in [2.75, 3.05) is 38.2 Å². The molecule has 0 bridgehead atoms. The van der Waals surface area contributed by atoms with E-state index in [2.05, 4.69) is 89.4 Å². The van der Waals surface area contributed by atoms with Gasteiger partial charge in [0.05, 0.1) is 18.7 Å². The molecule has 164 valence electrons. The van der Waals surface area contributed by atoms with Gasteiger partial charge in [-0.2, -0.15) is 0 Å². The number of aryl methyl sites for hydroxylation is 1. The Morgan fingerprint density at radius 2 is 1.55 bits per heavy atom. The smallest absolute Gasteiger partial charge is 0.173 e. The van der Waals surface area contributed by atoms with Crippen LogP contribution in [0, 0.1) is 6.92 Å². The maximum atomic E-state index is 5.29. The summed E-state index contributed by atoms with van der Waals surface area (Å²) in [6, 6.07) is 17.1. The second kappa shape index (κ2) is 8.67. The molecule has 0 amide bonds. The number of hydrogen-bond donors (Lipinski definition) is 0. The highest BCUT2D eigenvalue weighted by Gasteiger charge is 2.33. The summed E-state index contributed by atoms with van der Waals surface area (Å²) in [4.78, 5) is 4.92. The standard InChI is InChI=1S/C24H32N6O/c1-18-6-8-19(9-7-18)22(23-25-26-27-30(23)24(2,3)4)29-16-14-28(15-17-29)20-10-12-21(31-5)13-11-20/h6-13,22H,14-17H2,1-5H3. The van der Waals surface area contributed by atoms with Crippen molar-refractivity contribution in [3.8, 4) is 5.75 Å². The van der Waals surface area contributed by atoms with Gasteiger partial charge < -0.3 is 9.64 Å². The second-order valence-corrected chi connectivity index (χ2v) is 9.15. The molecule has 1 aromatic heterocycles. The van der Waals surface area contributed by atoms with Gasteiger partial charge in [0.25, 0.3) is 0 Å². The Bertz CT molecular complexity index is 982. The van der Waals surface area contributed by atoms with E-state index >= 15 is 0 Å². The molecule has 0 saturated carbocycles. The van der Waals surface area contributed by atoms with Gasteiger partial charge in [-0.05, 0) is 68.0 Å². The van der Waals surface area contributed by atoms with Gasteiger partial charge in [-0.15, -0.1) is 5.10 Å². The molecule has 7 heteroatoms.